The minimum absolute atomic E-state index is 0.461. The molecule has 5 heteroatoms. The molecule has 0 saturated heterocycles. The third-order valence-electron chi connectivity index (χ3n) is 3.04. The maximum absolute atomic E-state index is 5.22. The fraction of sp³-hybridized carbons (Fsp3) is 0. The molecule has 1 N–H and O–H groups in total. The summed E-state index contributed by atoms with van der Waals surface area (Å²) in [6.45, 7) is 0. The van der Waals surface area contributed by atoms with Crippen LogP contribution in [0.15, 0.2) is 71.8 Å². The van der Waals surface area contributed by atoms with Crippen LogP contribution in [0.1, 0.15) is 5.56 Å². The van der Waals surface area contributed by atoms with E-state index in [9.17, 15) is 0 Å². The molecular weight excluding hydrogens is 292 g/mol. The van der Waals surface area contributed by atoms with Gasteiger partial charge in [-0.25, -0.2) is 5.10 Å². The lowest BCUT2D eigenvalue weighted by Crippen LogP contribution is -1.93. The van der Waals surface area contributed by atoms with Crippen molar-refractivity contribution in [3.05, 3.63) is 77.1 Å². The quantitative estimate of drug-likeness (QED) is 0.581. The highest BCUT2D eigenvalue weighted by Crippen LogP contribution is 2.16. The molecule has 0 saturated carbocycles. The van der Waals surface area contributed by atoms with Crippen molar-refractivity contribution in [1.82, 2.24) is 14.9 Å². The molecule has 0 radical (unpaired) electrons. The maximum Gasteiger partial charge on any atom is 0.216 e. The van der Waals surface area contributed by atoms with Gasteiger partial charge >= 0.3 is 0 Å². The van der Waals surface area contributed by atoms with Crippen LogP contribution in [0, 0.1) is 4.77 Å². The lowest BCUT2D eigenvalue weighted by atomic mass is 10.2. The molecule has 4 nitrogen and oxygen atoms in total. The second kappa shape index (κ2) is 6.78. The number of benzene rings is 2. The Hall–Kier alpha value is -2.79. The first kappa shape index (κ1) is 14.2. The summed E-state index contributed by atoms with van der Waals surface area (Å²) in [7, 11) is 0. The Labute approximate surface area is 133 Å². The van der Waals surface area contributed by atoms with E-state index in [0.717, 1.165) is 11.1 Å². The standard InChI is InChI=1S/C17H14N4S/c22-17-20-19-16(15-11-5-2-6-12-15)21(17)18-13-7-10-14-8-3-1-4-9-14/h1-13H,(H,20,22)/b10-7+,18-13?. The van der Waals surface area contributed by atoms with E-state index in [-0.39, 0.29) is 0 Å². The Kier molecular flexibility index (Phi) is 4.36. The molecule has 22 heavy (non-hydrogen) atoms. The molecule has 1 heterocycles. The van der Waals surface area contributed by atoms with Gasteiger partial charge in [-0.15, -0.1) is 0 Å². The van der Waals surface area contributed by atoms with Crippen molar-refractivity contribution in [3.63, 3.8) is 0 Å². The molecule has 3 rings (SSSR count). The molecule has 0 aliphatic heterocycles. The molecule has 1 aromatic heterocycles. The highest BCUT2D eigenvalue weighted by atomic mass is 32.1. The zero-order valence-electron chi connectivity index (χ0n) is 11.8. The molecule has 0 aliphatic rings. The van der Waals surface area contributed by atoms with Crippen molar-refractivity contribution in [2.45, 2.75) is 0 Å². The van der Waals surface area contributed by atoms with Gasteiger partial charge in [-0.05, 0) is 23.9 Å². The molecule has 3 aromatic rings. The summed E-state index contributed by atoms with van der Waals surface area (Å²) in [6.07, 6.45) is 5.55. The largest absolute Gasteiger partial charge is 0.250 e. The van der Waals surface area contributed by atoms with Gasteiger partial charge in [-0.3, -0.25) is 0 Å². The van der Waals surface area contributed by atoms with Gasteiger partial charge in [-0.1, -0.05) is 66.7 Å². The van der Waals surface area contributed by atoms with Crippen molar-refractivity contribution in [2.75, 3.05) is 0 Å². The molecular formula is C17H14N4S. The summed E-state index contributed by atoms with van der Waals surface area (Å²) in [4.78, 5) is 0. The van der Waals surface area contributed by atoms with E-state index < -0.39 is 0 Å². The Morgan fingerprint density at radius 3 is 2.41 bits per heavy atom. The lowest BCUT2D eigenvalue weighted by molar-refractivity contribution is 0.872. The average Bonchev–Trinajstić information content (AvgIpc) is 2.94. The number of aromatic amines is 1. The second-order valence-electron chi connectivity index (χ2n) is 4.56. The zero-order chi connectivity index (χ0) is 15.2. The highest BCUT2D eigenvalue weighted by molar-refractivity contribution is 7.71. The number of nitrogens with zero attached hydrogens (tertiary/aromatic N) is 3. The van der Waals surface area contributed by atoms with Crippen LogP contribution in [0.2, 0.25) is 0 Å². The Balaban J connectivity index is 1.84. The van der Waals surface area contributed by atoms with Crippen molar-refractivity contribution in [2.24, 2.45) is 5.10 Å². The van der Waals surface area contributed by atoms with Gasteiger partial charge in [0.25, 0.3) is 0 Å². The van der Waals surface area contributed by atoms with E-state index in [1.54, 1.807) is 10.9 Å². The molecule has 2 aromatic carbocycles. The van der Waals surface area contributed by atoms with Crippen molar-refractivity contribution < 1.29 is 0 Å². The predicted molar refractivity (Wildman–Crippen MR) is 92.2 cm³/mol. The normalized spacial score (nSPS) is 11.5. The smallest absolute Gasteiger partial charge is 0.216 e. The fourth-order valence-corrected chi connectivity index (χ4v) is 2.18. The number of H-pyrrole nitrogens is 1. The second-order valence-corrected chi connectivity index (χ2v) is 4.95. The van der Waals surface area contributed by atoms with Crippen molar-refractivity contribution >= 4 is 24.5 Å². The number of rotatable bonds is 4. The number of nitrogens with one attached hydrogen (secondary N) is 1. The molecule has 0 atom stereocenters. The minimum atomic E-state index is 0.461. The summed E-state index contributed by atoms with van der Waals surface area (Å²) in [5.41, 5.74) is 2.08. The Morgan fingerprint density at radius 2 is 1.68 bits per heavy atom. The summed E-state index contributed by atoms with van der Waals surface area (Å²) in [5, 5.41) is 11.4. The van der Waals surface area contributed by atoms with Gasteiger partial charge in [0, 0.05) is 11.8 Å². The van der Waals surface area contributed by atoms with Gasteiger partial charge in [0.15, 0.2) is 5.82 Å². The first-order chi connectivity index (χ1) is 10.8. The zero-order valence-corrected chi connectivity index (χ0v) is 12.6. The molecule has 0 fully saturated rings. The summed E-state index contributed by atoms with van der Waals surface area (Å²) in [5.74, 6) is 0.690. The van der Waals surface area contributed by atoms with Crippen LogP contribution in [0.5, 0.6) is 0 Å². The number of hydrogen-bond acceptors (Lipinski definition) is 3. The van der Waals surface area contributed by atoms with Gasteiger partial charge in [0.2, 0.25) is 4.77 Å². The van der Waals surface area contributed by atoms with Crippen LogP contribution in [0.4, 0.5) is 0 Å². The molecule has 0 bridgehead atoms. The first-order valence-corrected chi connectivity index (χ1v) is 7.24. The maximum atomic E-state index is 5.22. The lowest BCUT2D eigenvalue weighted by Gasteiger charge is -1.99. The van der Waals surface area contributed by atoms with Crippen LogP contribution in [-0.4, -0.2) is 21.1 Å². The molecule has 0 unspecified atom stereocenters. The third-order valence-corrected chi connectivity index (χ3v) is 3.30. The predicted octanol–water partition coefficient (Wildman–Crippen LogP) is 4.15. The van der Waals surface area contributed by atoms with E-state index in [0.29, 0.717) is 10.6 Å². The van der Waals surface area contributed by atoms with Crippen molar-refractivity contribution in [1.29, 1.82) is 0 Å². The monoisotopic (exact) mass is 306 g/mol. The first-order valence-electron chi connectivity index (χ1n) is 6.83. The highest BCUT2D eigenvalue weighted by Gasteiger charge is 2.06. The summed E-state index contributed by atoms with van der Waals surface area (Å²) >= 11 is 5.22. The van der Waals surface area contributed by atoms with Crippen LogP contribution in [-0.2, 0) is 0 Å². The SMILES string of the molecule is S=c1[nH]nc(-c2ccccc2)n1N=C/C=C/c1ccccc1. The molecule has 0 amide bonds. The van der Waals surface area contributed by atoms with Crippen LogP contribution < -0.4 is 0 Å². The fourth-order valence-electron chi connectivity index (χ4n) is 2.00. The van der Waals surface area contributed by atoms with E-state index in [4.69, 9.17) is 12.2 Å². The topological polar surface area (TPSA) is 46.0 Å². The van der Waals surface area contributed by atoms with Crippen LogP contribution in [0.3, 0.4) is 0 Å². The van der Waals surface area contributed by atoms with Crippen LogP contribution in [0.25, 0.3) is 17.5 Å². The van der Waals surface area contributed by atoms with Gasteiger partial charge in [-0.2, -0.15) is 14.9 Å². The minimum Gasteiger partial charge on any atom is -0.250 e. The average molecular weight is 306 g/mol. The van der Waals surface area contributed by atoms with Crippen LogP contribution >= 0.6 is 12.2 Å². The van der Waals surface area contributed by atoms with E-state index >= 15 is 0 Å². The van der Waals surface area contributed by atoms with Gasteiger partial charge in [0.05, 0.1) is 0 Å². The number of allylic oxidation sites excluding steroid dienone is 1. The summed E-state index contributed by atoms with van der Waals surface area (Å²) in [6, 6.07) is 19.9. The number of aromatic nitrogens is 3. The Morgan fingerprint density at radius 1 is 1.00 bits per heavy atom. The van der Waals surface area contributed by atoms with Gasteiger partial charge in [0.1, 0.15) is 0 Å². The van der Waals surface area contributed by atoms with E-state index in [1.807, 2.05) is 72.8 Å². The third kappa shape index (κ3) is 3.27. The molecule has 0 aliphatic carbocycles. The Bertz CT molecular complexity index is 845. The van der Waals surface area contributed by atoms with Gasteiger partial charge < -0.3 is 0 Å². The summed E-state index contributed by atoms with van der Waals surface area (Å²) < 4.78 is 2.07. The molecule has 108 valence electrons. The van der Waals surface area contributed by atoms with E-state index in [1.165, 1.54) is 0 Å². The molecule has 0 spiro atoms. The number of hydrogen-bond donors (Lipinski definition) is 1. The van der Waals surface area contributed by atoms with Crippen molar-refractivity contribution in [3.8, 4) is 11.4 Å². The van der Waals surface area contributed by atoms with E-state index in [2.05, 4.69) is 15.3 Å².